The van der Waals surface area contributed by atoms with E-state index >= 15 is 0 Å². The number of carbonyl (C=O) groups excluding carboxylic acids is 4. The maximum absolute atomic E-state index is 12.5. The van der Waals surface area contributed by atoms with Crippen molar-refractivity contribution in [1.82, 2.24) is 10.2 Å². The summed E-state index contributed by atoms with van der Waals surface area (Å²) in [6, 6.07) is 14.4. The van der Waals surface area contributed by atoms with Crippen molar-refractivity contribution in [3.8, 4) is 0 Å². The van der Waals surface area contributed by atoms with E-state index < -0.39 is 29.8 Å². The first kappa shape index (κ1) is 19.1. The molecule has 4 N–H and O–H groups in total. The van der Waals surface area contributed by atoms with Crippen LogP contribution in [0.2, 0.25) is 0 Å². The van der Waals surface area contributed by atoms with Gasteiger partial charge in [0.25, 0.3) is 5.91 Å². The van der Waals surface area contributed by atoms with Gasteiger partial charge in [-0.25, -0.2) is 4.79 Å². The molecule has 0 aromatic heterocycles. The first-order valence-electron chi connectivity index (χ1n) is 8.79. The minimum atomic E-state index is -0.643. The summed E-state index contributed by atoms with van der Waals surface area (Å²) in [6.45, 7) is -0.385. The van der Waals surface area contributed by atoms with Crippen LogP contribution in [0.5, 0.6) is 0 Å². The zero-order valence-corrected chi connectivity index (χ0v) is 15.1. The molecule has 2 aromatic rings. The van der Waals surface area contributed by atoms with Crippen LogP contribution in [0.25, 0.3) is 0 Å². The summed E-state index contributed by atoms with van der Waals surface area (Å²) >= 11 is 0. The van der Waals surface area contributed by atoms with Crippen molar-refractivity contribution in [2.24, 2.45) is 5.73 Å². The molecule has 1 aliphatic rings. The van der Waals surface area contributed by atoms with Gasteiger partial charge in [-0.05, 0) is 42.7 Å². The molecule has 1 heterocycles. The largest absolute Gasteiger partial charge is 0.366 e. The van der Waals surface area contributed by atoms with Crippen LogP contribution in [0.15, 0.2) is 54.6 Å². The monoisotopic (exact) mass is 380 g/mol. The first-order chi connectivity index (χ1) is 13.4. The van der Waals surface area contributed by atoms with Crippen LogP contribution in [0.1, 0.15) is 22.3 Å². The van der Waals surface area contributed by atoms with Crippen LogP contribution in [0, 0.1) is 0 Å². The quantitative estimate of drug-likeness (QED) is 0.626. The van der Waals surface area contributed by atoms with E-state index in [1.807, 2.05) is 30.3 Å². The van der Waals surface area contributed by atoms with Crippen molar-refractivity contribution in [1.29, 1.82) is 0 Å². The Hall–Kier alpha value is -3.68. The van der Waals surface area contributed by atoms with Gasteiger partial charge in [-0.3, -0.25) is 19.3 Å². The van der Waals surface area contributed by atoms with Gasteiger partial charge in [0.15, 0.2) is 0 Å². The molecule has 1 atom stereocenters. The smallest absolute Gasteiger partial charge is 0.325 e. The van der Waals surface area contributed by atoms with E-state index in [1.165, 1.54) is 24.3 Å². The lowest BCUT2D eigenvalue weighted by Gasteiger charge is -2.13. The highest BCUT2D eigenvalue weighted by Gasteiger charge is 2.38. The summed E-state index contributed by atoms with van der Waals surface area (Å²) in [5, 5.41) is 5.20. The number of benzene rings is 2. The molecule has 1 aliphatic heterocycles. The van der Waals surface area contributed by atoms with E-state index in [0.29, 0.717) is 24.1 Å². The number of hydrogen-bond donors (Lipinski definition) is 3. The number of amides is 5. The molecular weight excluding hydrogens is 360 g/mol. The molecule has 144 valence electrons. The fourth-order valence-corrected chi connectivity index (χ4v) is 2.94. The summed E-state index contributed by atoms with van der Waals surface area (Å²) in [5.41, 5.74) is 6.98. The Morgan fingerprint density at radius 2 is 1.71 bits per heavy atom. The van der Waals surface area contributed by atoms with Gasteiger partial charge in [0, 0.05) is 11.3 Å². The number of anilines is 1. The van der Waals surface area contributed by atoms with Gasteiger partial charge in [0.2, 0.25) is 11.8 Å². The number of hydrogen-bond acceptors (Lipinski definition) is 4. The summed E-state index contributed by atoms with van der Waals surface area (Å²) in [7, 11) is 0. The van der Waals surface area contributed by atoms with Gasteiger partial charge in [0.1, 0.15) is 12.6 Å². The van der Waals surface area contributed by atoms with Crippen molar-refractivity contribution >= 4 is 29.4 Å². The Balaban J connectivity index is 1.54. The van der Waals surface area contributed by atoms with Crippen LogP contribution in [-0.4, -0.2) is 41.2 Å². The lowest BCUT2D eigenvalue weighted by molar-refractivity contribution is -0.130. The lowest BCUT2D eigenvalue weighted by Crippen LogP contribution is -2.38. The Morgan fingerprint density at radius 1 is 1.04 bits per heavy atom. The van der Waals surface area contributed by atoms with E-state index in [0.717, 1.165) is 10.5 Å². The molecule has 3 rings (SSSR count). The van der Waals surface area contributed by atoms with E-state index in [4.69, 9.17) is 5.73 Å². The van der Waals surface area contributed by atoms with Crippen LogP contribution in [0.4, 0.5) is 10.5 Å². The fraction of sp³-hybridized carbons (Fsp3) is 0.200. The number of urea groups is 1. The van der Waals surface area contributed by atoms with Gasteiger partial charge >= 0.3 is 6.03 Å². The number of imide groups is 1. The van der Waals surface area contributed by atoms with E-state index in [1.54, 1.807) is 0 Å². The van der Waals surface area contributed by atoms with Crippen molar-refractivity contribution in [3.05, 3.63) is 65.7 Å². The Kier molecular flexibility index (Phi) is 5.69. The maximum Gasteiger partial charge on any atom is 0.325 e. The molecule has 1 fully saturated rings. The summed E-state index contributed by atoms with van der Waals surface area (Å²) in [6.07, 6.45) is 1.10. The second-order valence-electron chi connectivity index (χ2n) is 6.44. The predicted octanol–water partition coefficient (Wildman–Crippen LogP) is 1.28. The molecule has 0 spiro atoms. The SMILES string of the molecule is NC(=O)c1ccc(NC(=O)CN2C(=O)N[C@@H](CCc3ccccc3)C2=O)cc1. The zero-order valence-electron chi connectivity index (χ0n) is 15.1. The minimum Gasteiger partial charge on any atom is -0.366 e. The third kappa shape index (κ3) is 4.53. The molecule has 2 aromatic carbocycles. The second kappa shape index (κ2) is 8.34. The molecular formula is C20H20N4O4. The number of primary amides is 1. The number of carbonyl (C=O) groups is 4. The van der Waals surface area contributed by atoms with Crippen molar-refractivity contribution < 1.29 is 19.2 Å². The Morgan fingerprint density at radius 3 is 2.36 bits per heavy atom. The maximum atomic E-state index is 12.5. The molecule has 1 saturated heterocycles. The summed E-state index contributed by atoms with van der Waals surface area (Å²) in [5.74, 6) is -1.50. The third-order valence-corrected chi connectivity index (χ3v) is 4.43. The van der Waals surface area contributed by atoms with Gasteiger partial charge in [-0.2, -0.15) is 0 Å². The Bertz CT molecular complexity index is 896. The minimum absolute atomic E-state index is 0.313. The molecule has 8 nitrogen and oxygen atoms in total. The van der Waals surface area contributed by atoms with E-state index in [-0.39, 0.29) is 6.54 Å². The molecule has 8 heteroatoms. The normalized spacial score (nSPS) is 16.0. The first-order valence-corrected chi connectivity index (χ1v) is 8.79. The standard InChI is InChI=1S/C20H20N4O4/c21-18(26)14-7-9-15(10-8-14)22-17(25)12-24-19(27)16(23-20(24)28)11-6-13-4-2-1-3-5-13/h1-5,7-10,16H,6,11-12H2,(H2,21,26)(H,22,25)(H,23,28)/t16-/m0/s1. The molecule has 0 radical (unpaired) electrons. The summed E-state index contributed by atoms with van der Waals surface area (Å²) < 4.78 is 0. The fourth-order valence-electron chi connectivity index (χ4n) is 2.94. The van der Waals surface area contributed by atoms with E-state index in [9.17, 15) is 19.2 Å². The average molecular weight is 380 g/mol. The zero-order chi connectivity index (χ0) is 20.1. The lowest BCUT2D eigenvalue weighted by atomic mass is 10.1. The summed E-state index contributed by atoms with van der Waals surface area (Å²) in [4.78, 5) is 48.7. The highest BCUT2D eigenvalue weighted by atomic mass is 16.2. The number of rotatable bonds is 7. The van der Waals surface area contributed by atoms with E-state index in [2.05, 4.69) is 10.6 Å². The van der Waals surface area contributed by atoms with Gasteiger partial charge in [-0.15, -0.1) is 0 Å². The number of nitrogens with two attached hydrogens (primary N) is 1. The molecule has 0 unspecified atom stereocenters. The van der Waals surface area contributed by atoms with Crippen LogP contribution < -0.4 is 16.4 Å². The molecule has 0 saturated carbocycles. The average Bonchev–Trinajstić information content (AvgIpc) is 2.95. The second-order valence-corrected chi connectivity index (χ2v) is 6.44. The van der Waals surface area contributed by atoms with Gasteiger partial charge in [-0.1, -0.05) is 30.3 Å². The van der Waals surface area contributed by atoms with Crippen molar-refractivity contribution in [2.45, 2.75) is 18.9 Å². The number of nitrogens with zero attached hydrogens (tertiary/aromatic N) is 1. The highest BCUT2D eigenvalue weighted by Crippen LogP contribution is 2.14. The molecule has 0 aliphatic carbocycles. The molecule has 0 bridgehead atoms. The van der Waals surface area contributed by atoms with Crippen molar-refractivity contribution in [2.75, 3.05) is 11.9 Å². The predicted molar refractivity (Wildman–Crippen MR) is 102 cm³/mol. The Labute approximate surface area is 161 Å². The topological polar surface area (TPSA) is 122 Å². The number of aryl methyl sites for hydroxylation is 1. The third-order valence-electron chi connectivity index (χ3n) is 4.43. The molecule has 5 amide bonds. The molecule has 28 heavy (non-hydrogen) atoms. The highest BCUT2D eigenvalue weighted by molar-refractivity contribution is 6.08. The van der Waals surface area contributed by atoms with Crippen LogP contribution in [-0.2, 0) is 16.0 Å². The van der Waals surface area contributed by atoms with Gasteiger partial charge < -0.3 is 16.4 Å². The van der Waals surface area contributed by atoms with Crippen molar-refractivity contribution in [3.63, 3.8) is 0 Å². The van der Waals surface area contributed by atoms with Gasteiger partial charge in [0.05, 0.1) is 0 Å². The number of nitrogens with one attached hydrogen (secondary N) is 2. The van der Waals surface area contributed by atoms with Crippen LogP contribution in [0.3, 0.4) is 0 Å². The van der Waals surface area contributed by atoms with Crippen LogP contribution >= 0.6 is 0 Å².